The molecule has 2 aliphatic carbocycles. The number of hydrogen-bond acceptors (Lipinski definition) is 3. The summed E-state index contributed by atoms with van der Waals surface area (Å²) in [5, 5.41) is 7.93. The first kappa shape index (κ1) is 31.0. The molecule has 10 aromatic rings. The van der Waals surface area contributed by atoms with Gasteiger partial charge in [0, 0.05) is 31.3 Å². The third-order valence-corrected chi connectivity index (χ3v) is 13.4. The van der Waals surface area contributed by atoms with Gasteiger partial charge in [0.15, 0.2) is 0 Å². The fourth-order valence-electron chi connectivity index (χ4n) is 10.2. The molecule has 0 fully saturated rings. The molecule has 12 rings (SSSR count). The Morgan fingerprint density at radius 1 is 0.545 bits per heavy atom. The van der Waals surface area contributed by atoms with Gasteiger partial charge < -0.3 is 0 Å². The van der Waals surface area contributed by atoms with Crippen LogP contribution >= 0.6 is 11.3 Å². The summed E-state index contributed by atoms with van der Waals surface area (Å²) in [6.45, 7) is 4.48. The predicted molar refractivity (Wildman–Crippen MR) is 233 cm³/mol. The van der Waals surface area contributed by atoms with E-state index < -0.39 is 5.41 Å². The van der Waals surface area contributed by atoms with Crippen molar-refractivity contribution in [1.82, 2.24) is 9.97 Å². The molecule has 55 heavy (non-hydrogen) atoms. The van der Waals surface area contributed by atoms with Crippen LogP contribution < -0.4 is 0 Å². The minimum Gasteiger partial charge on any atom is -0.244 e. The van der Waals surface area contributed by atoms with Crippen LogP contribution in [0.4, 0.5) is 0 Å². The topological polar surface area (TPSA) is 25.8 Å². The van der Waals surface area contributed by atoms with E-state index in [0.29, 0.717) is 0 Å². The first-order valence-corrected chi connectivity index (χ1v) is 20.1. The second-order valence-corrected chi connectivity index (χ2v) is 16.0. The molecule has 1 atom stereocenters. The van der Waals surface area contributed by atoms with Crippen molar-refractivity contribution in [3.8, 4) is 33.6 Å². The molecule has 2 aliphatic rings. The van der Waals surface area contributed by atoms with Gasteiger partial charge in [-0.15, -0.1) is 11.3 Å². The quantitative estimate of drug-likeness (QED) is 0.170. The van der Waals surface area contributed by atoms with E-state index >= 15 is 0 Å². The van der Waals surface area contributed by atoms with E-state index in [1.54, 1.807) is 0 Å². The zero-order valence-electron chi connectivity index (χ0n) is 30.5. The fraction of sp³-hybridized carbons (Fsp3) is 0.0769. The van der Waals surface area contributed by atoms with Crippen LogP contribution in [0.2, 0.25) is 0 Å². The fourth-order valence-corrected chi connectivity index (χ4v) is 11.4. The number of rotatable bonds is 3. The highest BCUT2D eigenvalue weighted by molar-refractivity contribution is 7.26. The van der Waals surface area contributed by atoms with Crippen LogP contribution in [0, 0.1) is 0 Å². The normalized spacial score (nSPS) is 17.5. The van der Waals surface area contributed by atoms with E-state index in [2.05, 4.69) is 159 Å². The van der Waals surface area contributed by atoms with E-state index in [9.17, 15) is 0 Å². The lowest BCUT2D eigenvalue weighted by molar-refractivity contribution is 0.790. The summed E-state index contributed by atoms with van der Waals surface area (Å²) in [6, 6.07) is 53.6. The summed E-state index contributed by atoms with van der Waals surface area (Å²) in [5.74, 6) is 0. The van der Waals surface area contributed by atoms with E-state index in [1.165, 1.54) is 86.2 Å². The van der Waals surface area contributed by atoms with Crippen molar-refractivity contribution in [3.05, 3.63) is 186 Å². The third-order valence-electron chi connectivity index (χ3n) is 12.3. The molecule has 0 radical (unpaired) electrons. The number of fused-ring (bicyclic) bond motifs is 12. The Bertz CT molecular complexity index is 3310. The van der Waals surface area contributed by atoms with Gasteiger partial charge in [-0.25, -0.2) is 9.97 Å². The molecular weight excluding hydrogens is 685 g/mol. The van der Waals surface area contributed by atoms with Crippen molar-refractivity contribution in [3.63, 3.8) is 0 Å². The van der Waals surface area contributed by atoms with Crippen LogP contribution in [0.15, 0.2) is 163 Å². The van der Waals surface area contributed by atoms with E-state index in [1.807, 2.05) is 23.5 Å². The van der Waals surface area contributed by atoms with Crippen LogP contribution in [0.25, 0.3) is 92.0 Å². The Labute approximate surface area is 323 Å². The van der Waals surface area contributed by atoms with Crippen molar-refractivity contribution in [2.75, 3.05) is 0 Å². The van der Waals surface area contributed by atoms with Gasteiger partial charge in [-0.3, -0.25) is 0 Å². The summed E-state index contributed by atoms with van der Waals surface area (Å²) >= 11 is 1.94. The van der Waals surface area contributed by atoms with Gasteiger partial charge in [0.25, 0.3) is 0 Å². The summed E-state index contributed by atoms with van der Waals surface area (Å²) in [6.07, 6.45) is 5.80. The van der Waals surface area contributed by atoms with Crippen molar-refractivity contribution in [2.24, 2.45) is 0 Å². The lowest BCUT2D eigenvalue weighted by Gasteiger charge is -2.31. The maximum Gasteiger partial charge on any atom is 0.0973 e. The molecule has 1 spiro atoms. The first-order valence-electron chi connectivity index (χ1n) is 19.3. The molecular formula is C52H34N2S. The van der Waals surface area contributed by atoms with Crippen molar-refractivity contribution < 1.29 is 0 Å². The summed E-state index contributed by atoms with van der Waals surface area (Å²) < 4.78 is 2.68. The average Bonchev–Trinajstić information content (AvgIpc) is 3.86. The highest BCUT2D eigenvalue weighted by atomic mass is 32.1. The summed E-state index contributed by atoms with van der Waals surface area (Å²) in [4.78, 5) is 10.5. The Morgan fingerprint density at radius 3 is 1.98 bits per heavy atom. The molecule has 8 aromatic carbocycles. The molecule has 1 unspecified atom stereocenters. The maximum absolute atomic E-state index is 5.32. The number of aromatic nitrogens is 2. The van der Waals surface area contributed by atoms with Gasteiger partial charge in [0.2, 0.25) is 0 Å². The highest BCUT2D eigenvalue weighted by Gasteiger charge is 2.53. The second kappa shape index (κ2) is 11.3. The number of para-hydroxylation sites is 2. The minimum absolute atomic E-state index is 0.396. The largest absolute Gasteiger partial charge is 0.244 e. The predicted octanol–water partition coefficient (Wildman–Crippen LogP) is 14.1. The standard InChI is InChI=1S/C52H34N2S/c1-3-15-38-32(4-2)33-18-8-10-21-39(33)52(38)40-22-11-9-19-36(40)46-41(52)29-45-49-47-34(20-14-25-44(47)55-45)37-28-31(26-27-35(37)48(46)49)51-50(30-16-6-5-7-17-30)53-42-23-12-13-24-43(42)54-51/h4-29H,3H2,1-2H3/b32-4-,38-15+. The smallest absolute Gasteiger partial charge is 0.0973 e. The minimum atomic E-state index is -0.396. The lowest BCUT2D eigenvalue weighted by atomic mass is 9.70. The zero-order chi connectivity index (χ0) is 36.4. The average molecular weight is 719 g/mol. The SMILES string of the molecule is C/C=C1\C(=C/CC)C2(c3ccccc31)c1ccccc1-c1c2cc2sc3cccc4c5cc(-c6nc7ccccc7nc6-c6ccccc6)ccc5c1c2c34. The van der Waals surface area contributed by atoms with Gasteiger partial charge in [-0.2, -0.15) is 0 Å². The molecule has 0 aliphatic heterocycles. The number of benzene rings is 8. The molecule has 0 amide bonds. The Balaban J connectivity index is 1.24. The van der Waals surface area contributed by atoms with Gasteiger partial charge in [0.1, 0.15) is 0 Å². The van der Waals surface area contributed by atoms with Crippen LogP contribution in [-0.4, -0.2) is 9.97 Å². The lowest BCUT2D eigenvalue weighted by Crippen LogP contribution is -2.26. The molecule has 2 nitrogen and oxygen atoms in total. The zero-order valence-corrected chi connectivity index (χ0v) is 31.3. The molecule has 2 heterocycles. The number of thiophene rings is 1. The summed E-state index contributed by atoms with van der Waals surface area (Å²) in [5.41, 5.74) is 16.3. The van der Waals surface area contributed by atoms with Gasteiger partial charge in [-0.05, 0) is 110 Å². The Hall–Kier alpha value is -6.42. The van der Waals surface area contributed by atoms with Crippen LogP contribution in [0.5, 0.6) is 0 Å². The molecule has 258 valence electrons. The van der Waals surface area contributed by atoms with Crippen LogP contribution in [0.3, 0.4) is 0 Å². The highest BCUT2D eigenvalue weighted by Crippen LogP contribution is 2.66. The maximum atomic E-state index is 5.32. The Kier molecular flexibility index (Phi) is 6.37. The van der Waals surface area contributed by atoms with E-state index in [0.717, 1.165) is 40.0 Å². The van der Waals surface area contributed by atoms with Crippen molar-refractivity contribution in [1.29, 1.82) is 0 Å². The van der Waals surface area contributed by atoms with E-state index in [4.69, 9.17) is 9.97 Å². The number of allylic oxidation sites excluding steroid dienone is 4. The molecule has 0 saturated carbocycles. The molecule has 0 saturated heterocycles. The van der Waals surface area contributed by atoms with E-state index in [-0.39, 0.29) is 0 Å². The van der Waals surface area contributed by atoms with Crippen LogP contribution in [-0.2, 0) is 5.41 Å². The van der Waals surface area contributed by atoms with Gasteiger partial charge >= 0.3 is 0 Å². The second-order valence-electron chi connectivity index (χ2n) is 14.9. The monoisotopic (exact) mass is 718 g/mol. The molecule has 2 aromatic heterocycles. The Morgan fingerprint density at radius 2 is 1.22 bits per heavy atom. The first-order chi connectivity index (χ1) is 27.2. The van der Waals surface area contributed by atoms with Crippen molar-refractivity contribution in [2.45, 2.75) is 25.7 Å². The molecule has 0 bridgehead atoms. The number of nitrogens with zero attached hydrogens (tertiary/aromatic N) is 2. The number of hydrogen-bond donors (Lipinski definition) is 0. The van der Waals surface area contributed by atoms with Gasteiger partial charge in [0.05, 0.1) is 27.8 Å². The molecule has 0 N–H and O–H groups in total. The van der Waals surface area contributed by atoms with Gasteiger partial charge in [-0.1, -0.05) is 134 Å². The van der Waals surface area contributed by atoms with Crippen LogP contribution in [0.1, 0.15) is 42.5 Å². The molecule has 3 heteroatoms. The summed E-state index contributed by atoms with van der Waals surface area (Å²) in [7, 11) is 0. The third kappa shape index (κ3) is 3.93. The van der Waals surface area contributed by atoms with Crippen molar-refractivity contribution >= 4 is 69.7 Å².